The van der Waals surface area contributed by atoms with Gasteiger partial charge in [0.05, 0.1) is 6.61 Å². The standard InChI is InChI=1S/C11H17NO.ClH/c1-2-13-9-11(12)8-10-6-4-3-5-7-10;/h3-7,11H,2,8-9,12H2,1H3;1H. The van der Waals surface area contributed by atoms with Crippen molar-refractivity contribution in [3.8, 4) is 0 Å². The normalized spacial score (nSPS) is 11.9. The molecule has 0 saturated carbocycles. The highest BCUT2D eigenvalue weighted by molar-refractivity contribution is 5.85. The average molecular weight is 216 g/mol. The number of rotatable bonds is 5. The Morgan fingerprint density at radius 2 is 1.93 bits per heavy atom. The van der Waals surface area contributed by atoms with E-state index in [2.05, 4.69) is 12.1 Å². The van der Waals surface area contributed by atoms with Crippen LogP contribution in [-0.4, -0.2) is 19.3 Å². The first-order chi connectivity index (χ1) is 6.33. The highest BCUT2D eigenvalue weighted by Gasteiger charge is 2.02. The molecular formula is C11H18ClNO. The van der Waals surface area contributed by atoms with E-state index in [1.165, 1.54) is 5.56 Å². The lowest BCUT2D eigenvalue weighted by atomic mass is 10.1. The summed E-state index contributed by atoms with van der Waals surface area (Å²) < 4.78 is 5.24. The van der Waals surface area contributed by atoms with E-state index in [4.69, 9.17) is 10.5 Å². The predicted molar refractivity (Wildman–Crippen MR) is 61.9 cm³/mol. The molecule has 80 valence electrons. The molecular weight excluding hydrogens is 198 g/mol. The molecule has 0 aromatic heterocycles. The van der Waals surface area contributed by atoms with E-state index in [0.717, 1.165) is 13.0 Å². The molecule has 2 nitrogen and oxygen atoms in total. The molecule has 1 rings (SSSR count). The van der Waals surface area contributed by atoms with Gasteiger partial charge in [0.2, 0.25) is 0 Å². The van der Waals surface area contributed by atoms with E-state index in [1.54, 1.807) is 0 Å². The van der Waals surface area contributed by atoms with Crippen molar-refractivity contribution in [3.63, 3.8) is 0 Å². The molecule has 0 saturated heterocycles. The molecule has 1 aromatic rings. The van der Waals surface area contributed by atoms with Gasteiger partial charge < -0.3 is 10.5 Å². The SMILES string of the molecule is CCOCC(N)Cc1ccccc1.Cl. The fourth-order valence-electron chi connectivity index (χ4n) is 1.24. The van der Waals surface area contributed by atoms with Gasteiger partial charge in [-0.05, 0) is 18.9 Å². The van der Waals surface area contributed by atoms with Gasteiger partial charge in [0.25, 0.3) is 0 Å². The molecule has 0 bridgehead atoms. The van der Waals surface area contributed by atoms with Crippen molar-refractivity contribution < 1.29 is 4.74 Å². The maximum absolute atomic E-state index is 5.87. The first-order valence-corrected chi connectivity index (χ1v) is 4.70. The van der Waals surface area contributed by atoms with Crippen LogP contribution in [0.5, 0.6) is 0 Å². The second kappa shape index (κ2) is 7.80. The second-order valence-corrected chi connectivity index (χ2v) is 3.11. The van der Waals surface area contributed by atoms with Crippen molar-refractivity contribution in [2.45, 2.75) is 19.4 Å². The smallest absolute Gasteiger partial charge is 0.0620 e. The Kier molecular flexibility index (Phi) is 7.48. The number of hydrogen-bond donors (Lipinski definition) is 1. The molecule has 0 aliphatic heterocycles. The van der Waals surface area contributed by atoms with E-state index >= 15 is 0 Å². The molecule has 0 heterocycles. The molecule has 1 unspecified atom stereocenters. The van der Waals surface area contributed by atoms with E-state index in [0.29, 0.717) is 6.61 Å². The summed E-state index contributed by atoms with van der Waals surface area (Å²) >= 11 is 0. The third kappa shape index (κ3) is 5.22. The zero-order valence-corrected chi connectivity index (χ0v) is 9.30. The molecule has 0 spiro atoms. The van der Waals surface area contributed by atoms with Gasteiger partial charge in [-0.15, -0.1) is 12.4 Å². The van der Waals surface area contributed by atoms with Crippen LogP contribution in [0.15, 0.2) is 30.3 Å². The lowest BCUT2D eigenvalue weighted by molar-refractivity contribution is 0.133. The van der Waals surface area contributed by atoms with Crippen LogP contribution in [0.2, 0.25) is 0 Å². The van der Waals surface area contributed by atoms with Gasteiger partial charge in [-0.1, -0.05) is 30.3 Å². The highest BCUT2D eigenvalue weighted by Crippen LogP contribution is 2.01. The molecule has 0 radical (unpaired) electrons. The summed E-state index contributed by atoms with van der Waals surface area (Å²) in [7, 11) is 0. The molecule has 0 aliphatic carbocycles. The molecule has 0 amide bonds. The predicted octanol–water partition coefficient (Wildman–Crippen LogP) is 2.01. The van der Waals surface area contributed by atoms with Crippen molar-refractivity contribution in [3.05, 3.63) is 35.9 Å². The average Bonchev–Trinajstić information content (AvgIpc) is 2.16. The molecule has 0 aliphatic rings. The Morgan fingerprint density at radius 3 is 2.50 bits per heavy atom. The first kappa shape index (κ1) is 13.4. The minimum absolute atomic E-state index is 0. The summed E-state index contributed by atoms with van der Waals surface area (Å²) in [4.78, 5) is 0. The van der Waals surface area contributed by atoms with E-state index in [9.17, 15) is 0 Å². The lowest BCUT2D eigenvalue weighted by Crippen LogP contribution is -2.28. The van der Waals surface area contributed by atoms with Crippen LogP contribution in [0, 0.1) is 0 Å². The topological polar surface area (TPSA) is 35.2 Å². The maximum atomic E-state index is 5.87. The third-order valence-corrected chi connectivity index (χ3v) is 1.88. The van der Waals surface area contributed by atoms with Crippen LogP contribution >= 0.6 is 12.4 Å². The summed E-state index contributed by atoms with van der Waals surface area (Å²) in [6, 6.07) is 10.4. The summed E-state index contributed by atoms with van der Waals surface area (Å²) in [5.74, 6) is 0. The van der Waals surface area contributed by atoms with Crippen LogP contribution < -0.4 is 5.73 Å². The highest BCUT2D eigenvalue weighted by atomic mass is 35.5. The largest absolute Gasteiger partial charge is 0.380 e. The van der Waals surface area contributed by atoms with Crippen molar-refractivity contribution in [1.82, 2.24) is 0 Å². The summed E-state index contributed by atoms with van der Waals surface area (Å²) in [6.07, 6.45) is 0.890. The Labute approximate surface area is 91.9 Å². The van der Waals surface area contributed by atoms with Gasteiger partial charge in [-0.2, -0.15) is 0 Å². The van der Waals surface area contributed by atoms with Gasteiger partial charge >= 0.3 is 0 Å². The van der Waals surface area contributed by atoms with Crippen LogP contribution in [-0.2, 0) is 11.2 Å². The van der Waals surface area contributed by atoms with Crippen molar-refractivity contribution in [1.29, 1.82) is 0 Å². The van der Waals surface area contributed by atoms with Crippen LogP contribution in [0.4, 0.5) is 0 Å². The number of nitrogens with two attached hydrogens (primary N) is 1. The van der Waals surface area contributed by atoms with Gasteiger partial charge in [0.1, 0.15) is 0 Å². The lowest BCUT2D eigenvalue weighted by Gasteiger charge is -2.10. The number of benzene rings is 1. The van der Waals surface area contributed by atoms with Crippen LogP contribution in [0.25, 0.3) is 0 Å². The summed E-state index contributed by atoms with van der Waals surface area (Å²) in [5, 5.41) is 0. The quantitative estimate of drug-likeness (QED) is 0.816. The molecule has 1 aromatic carbocycles. The first-order valence-electron chi connectivity index (χ1n) is 4.70. The van der Waals surface area contributed by atoms with Crippen molar-refractivity contribution in [2.24, 2.45) is 5.73 Å². The van der Waals surface area contributed by atoms with Gasteiger partial charge in [-0.25, -0.2) is 0 Å². The van der Waals surface area contributed by atoms with Gasteiger partial charge in [-0.3, -0.25) is 0 Å². The molecule has 0 fully saturated rings. The minimum atomic E-state index is 0. The number of ether oxygens (including phenoxy) is 1. The zero-order chi connectivity index (χ0) is 9.52. The molecule has 1 atom stereocenters. The molecule has 3 heteroatoms. The van der Waals surface area contributed by atoms with Crippen LogP contribution in [0.3, 0.4) is 0 Å². The second-order valence-electron chi connectivity index (χ2n) is 3.11. The zero-order valence-electron chi connectivity index (χ0n) is 8.48. The Hall–Kier alpha value is -0.570. The van der Waals surface area contributed by atoms with Crippen molar-refractivity contribution >= 4 is 12.4 Å². The Morgan fingerprint density at radius 1 is 1.29 bits per heavy atom. The minimum Gasteiger partial charge on any atom is -0.380 e. The summed E-state index contributed by atoms with van der Waals surface area (Å²) in [5.41, 5.74) is 7.14. The van der Waals surface area contributed by atoms with E-state index in [1.807, 2.05) is 25.1 Å². The summed E-state index contributed by atoms with van der Waals surface area (Å²) in [6.45, 7) is 3.36. The van der Waals surface area contributed by atoms with Gasteiger partial charge in [0.15, 0.2) is 0 Å². The van der Waals surface area contributed by atoms with Crippen LogP contribution in [0.1, 0.15) is 12.5 Å². The maximum Gasteiger partial charge on any atom is 0.0620 e. The van der Waals surface area contributed by atoms with E-state index in [-0.39, 0.29) is 18.4 Å². The Bertz CT molecular complexity index is 228. The molecule has 2 N–H and O–H groups in total. The fraction of sp³-hybridized carbons (Fsp3) is 0.455. The number of hydrogen-bond acceptors (Lipinski definition) is 2. The third-order valence-electron chi connectivity index (χ3n) is 1.88. The van der Waals surface area contributed by atoms with Gasteiger partial charge in [0, 0.05) is 12.6 Å². The monoisotopic (exact) mass is 215 g/mol. The fourth-order valence-corrected chi connectivity index (χ4v) is 1.24. The molecule has 14 heavy (non-hydrogen) atoms. The van der Waals surface area contributed by atoms with Crippen molar-refractivity contribution in [2.75, 3.05) is 13.2 Å². The Balaban J connectivity index is 0.00000169. The van der Waals surface area contributed by atoms with E-state index < -0.39 is 0 Å². The number of halogens is 1.